The summed E-state index contributed by atoms with van der Waals surface area (Å²) in [6.07, 6.45) is 10.2. The molecule has 0 saturated heterocycles. The molecule has 2 rings (SSSR count). The maximum absolute atomic E-state index is 12.4. The molecule has 1 amide bonds. The fourth-order valence-electron chi connectivity index (χ4n) is 4.20. The molecule has 0 heterocycles. The minimum absolute atomic E-state index is 0.101. The lowest BCUT2D eigenvalue weighted by atomic mass is 9.78. The summed E-state index contributed by atoms with van der Waals surface area (Å²) in [6, 6.07) is 0.546. The largest absolute Gasteiger partial charge is 0.480 e. The van der Waals surface area contributed by atoms with E-state index >= 15 is 0 Å². The molecule has 2 N–H and O–H groups in total. The molecule has 5 heteroatoms. The Morgan fingerprint density at radius 3 is 2.33 bits per heavy atom. The van der Waals surface area contributed by atoms with E-state index in [9.17, 15) is 9.59 Å². The van der Waals surface area contributed by atoms with E-state index in [1.165, 1.54) is 32.1 Å². The highest BCUT2D eigenvalue weighted by atomic mass is 16.4. The second-order valence-electron chi connectivity index (χ2n) is 7.65. The minimum atomic E-state index is -0.774. The summed E-state index contributed by atoms with van der Waals surface area (Å²) < 4.78 is 0. The molecule has 0 aromatic rings. The molecule has 0 radical (unpaired) electrons. The normalized spacial score (nSPS) is 30.0. The summed E-state index contributed by atoms with van der Waals surface area (Å²) >= 11 is 0. The van der Waals surface area contributed by atoms with Gasteiger partial charge in [0, 0.05) is 18.0 Å². The molecule has 24 heavy (non-hydrogen) atoms. The third-order valence-electron chi connectivity index (χ3n) is 5.90. The Kier molecular flexibility index (Phi) is 7.53. The maximum Gasteiger partial charge on any atom is 0.317 e. The van der Waals surface area contributed by atoms with Crippen molar-refractivity contribution in [2.75, 3.05) is 13.1 Å². The summed E-state index contributed by atoms with van der Waals surface area (Å²) in [4.78, 5) is 25.3. The van der Waals surface area contributed by atoms with Gasteiger partial charge in [0.2, 0.25) is 5.91 Å². The zero-order chi connectivity index (χ0) is 17.5. The van der Waals surface area contributed by atoms with Gasteiger partial charge in [0.15, 0.2) is 0 Å². The Morgan fingerprint density at radius 2 is 1.79 bits per heavy atom. The molecule has 0 bridgehead atoms. The van der Waals surface area contributed by atoms with E-state index in [0.717, 1.165) is 38.1 Å². The molecule has 138 valence electrons. The van der Waals surface area contributed by atoms with Crippen molar-refractivity contribution >= 4 is 11.9 Å². The van der Waals surface area contributed by atoms with Crippen LogP contribution in [-0.4, -0.2) is 47.1 Å². The number of carbonyl (C=O) groups is 2. The van der Waals surface area contributed by atoms with Crippen LogP contribution in [0, 0.1) is 11.8 Å². The first-order valence-electron chi connectivity index (χ1n) is 9.79. The van der Waals surface area contributed by atoms with Crippen molar-refractivity contribution in [3.63, 3.8) is 0 Å². The van der Waals surface area contributed by atoms with Crippen LogP contribution in [0.2, 0.25) is 0 Å². The van der Waals surface area contributed by atoms with E-state index in [4.69, 9.17) is 5.11 Å². The number of nitrogens with zero attached hydrogens (tertiary/aromatic N) is 1. The summed E-state index contributed by atoms with van der Waals surface area (Å²) in [7, 11) is 0. The summed E-state index contributed by atoms with van der Waals surface area (Å²) in [5.41, 5.74) is 0. The van der Waals surface area contributed by atoms with Gasteiger partial charge in [-0.1, -0.05) is 33.1 Å². The molecule has 5 nitrogen and oxygen atoms in total. The third kappa shape index (κ3) is 5.47. The van der Waals surface area contributed by atoms with Crippen LogP contribution in [0.3, 0.4) is 0 Å². The van der Waals surface area contributed by atoms with Gasteiger partial charge < -0.3 is 10.4 Å². The number of unbranched alkanes of at least 4 members (excludes halogenated alkanes) is 1. The average molecular weight is 338 g/mol. The van der Waals surface area contributed by atoms with Crippen molar-refractivity contribution in [1.29, 1.82) is 0 Å². The number of carbonyl (C=O) groups excluding carboxylic acids is 1. The SMILES string of the molecule is CCCCC1CCC(C(=O)NC2CC(N(CC)CC(=O)O)C2)CC1. The minimum Gasteiger partial charge on any atom is -0.480 e. The van der Waals surface area contributed by atoms with Crippen LogP contribution in [0.1, 0.15) is 71.6 Å². The Labute approximate surface area is 146 Å². The van der Waals surface area contributed by atoms with Gasteiger partial charge in [0.25, 0.3) is 0 Å². The monoisotopic (exact) mass is 338 g/mol. The van der Waals surface area contributed by atoms with Crippen molar-refractivity contribution in [2.45, 2.75) is 83.7 Å². The topological polar surface area (TPSA) is 69.6 Å². The van der Waals surface area contributed by atoms with E-state index in [1.807, 2.05) is 11.8 Å². The second-order valence-corrected chi connectivity index (χ2v) is 7.65. The Bertz CT molecular complexity index is 413. The maximum atomic E-state index is 12.4. The molecule has 2 aliphatic carbocycles. The van der Waals surface area contributed by atoms with Crippen LogP contribution < -0.4 is 5.32 Å². The molecular weight excluding hydrogens is 304 g/mol. The number of amides is 1. The number of carboxylic acid groups (broad SMARTS) is 1. The number of likely N-dealkylation sites (N-methyl/N-ethyl adjacent to an activating group) is 1. The van der Waals surface area contributed by atoms with E-state index in [-0.39, 0.29) is 24.4 Å². The lowest BCUT2D eigenvalue weighted by Crippen LogP contribution is -2.55. The van der Waals surface area contributed by atoms with Crippen LogP contribution in [-0.2, 0) is 9.59 Å². The summed E-state index contributed by atoms with van der Waals surface area (Å²) in [5.74, 6) is 0.484. The average Bonchev–Trinajstić information content (AvgIpc) is 2.54. The summed E-state index contributed by atoms with van der Waals surface area (Å²) in [5, 5.41) is 12.1. The van der Waals surface area contributed by atoms with Crippen molar-refractivity contribution in [3.8, 4) is 0 Å². The Hall–Kier alpha value is -1.10. The predicted octanol–water partition coefficient (Wildman–Crippen LogP) is 3.04. The third-order valence-corrected chi connectivity index (χ3v) is 5.90. The molecule has 0 unspecified atom stereocenters. The standard InChI is InChI=1S/C19H34N2O3/c1-3-5-6-14-7-9-15(10-8-14)19(24)20-16-11-17(12-16)21(4-2)13-18(22)23/h14-17H,3-13H2,1-2H3,(H,20,24)(H,22,23). The molecule has 0 aliphatic heterocycles. The lowest BCUT2D eigenvalue weighted by molar-refractivity contribution is -0.140. The van der Waals surface area contributed by atoms with Gasteiger partial charge in [-0.15, -0.1) is 0 Å². The predicted molar refractivity (Wildman–Crippen MR) is 94.8 cm³/mol. The van der Waals surface area contributed by atoms with Crippen molar-refractivity contribution in [3.05, 3.63) is 0 Å². The smallest absolute Gasteiger partial charge is 0.317 e. The number of hydrogen-bond acceptors (Lipinski definition) is 3. The number of rotatable bonds is 9. The second kappa shape index (κ2) is 9.40. The molecule has 0 aromatic heterocycles. The molecule has 2 fully saturated rings. The van der Waals surface area contributed by atoms with Crippen molar-refractivity contribution < 1.29 is 14.7 Å². The van der Waals surface area contributed by atoms with Crippen LogP contribution in [0.25, 0.3) is 0 Å². The fraction of sp³-hybridized carbons (Fsp3) is 0.895. The van der Waals surface area contributed by atoms with E-state index in [1.54, 1.807) is 0 Å². The highest BCUT2D eigenvalue weighted by Crippen LogP contribution is 2.33. The zero-order valence-electron chi connectivity index (χ0n) is 15.3. The van der Waals surface area contributed by atoms with Crippen molar-refractivity contribution in [2.24, 2.45) is 11.8 Å². The van der Waals surface area contributed by atoms with Crippen LogP contribution >= 0.6 is 0 Å². The lowest BCUT2D eigenvalue weighted by Gasteiger charge is -2.42. The zero-order valence-corrected chi connectivity index (χ0v) is 15.3. The number of hydrogen-bond donors (Lipinski definition) is 2. The first-order valence-corrected chi connectivity index (χ1v) is 9.79. The Balaban J connectivity index is 1.65. The van der Waals surface area contributed by atoms with Crippen LogP contribution in [0.5, 0.6) is 0 Å². The first kappa shape index (κ1) is 19.2. The van der Waals surface area contributed by atoms with Gasteiger partial charge in [-0.3, -0.25) is 14.5 Å². The van der Waals surface area contributed by atoms with E-state index in [2.05, 4.69) is 12.2 Å². The van der Waals surface area contributed by atoms with E-state index < -0.39 is 5.97 Å². The molecular formula is C19H34N2O3. The molecule has 2 aliphatic rings. The van der Waals surface area contributed by atoms with Gasteiger partial charge in [-0.25, -0.2) is 0 Å². The highest BCUT2D eigenvalue weighted by molar-refractivity contribution is 5.79. The number of nitrogens with one attached hydrogen (secondary N) is 1. The number of carboxylic acids is 1. The Morgan fingerprint density at radius 1 is 1.12 bits per heavy atom. The molecule has 2 saturated carbocycles. The van der Waals surface area contributed by atoms with E-state index in [0.29, 0.717) is 6.04 Å². The van der Waals surface area contributed by atoms with Gasteiger partial charge in [0.05, 0.1) is 6.54 Å². The molecule has 0 aromatic carbocycles. The van der Waals surface area contributed by atoms with Gasteiger partial charge in [-0.2, -0.15) is 0 Å². The van der Waals surface area contributed by atoms with Crippen LogP contribution in [0.15, 0.2) is 0 Å². The first-order chi connectivity index (χ1) is 11.5. The molecule has 0 spiro atoms. The highest BCUT2D eigenvalue weighted by Gasteiger charge is 2.36. The van der Waals surface area contributed by atoms with Crippen molar-refractivity contribution in [1.82, 2.24) is 10.2 Å². The van der Waals surface area contributed by atoms with Crippen LogP contribution in [0.4, 0.5) is 0 Å². The van der Waals surface area contributed by atoms with Gasteiger partial charge in [0.1, 0.15) is 0 Å². The molecule has 0 atom stereocenters. The van der Waals surface area contributed by atoms with Gasteiger partial charge in [-0.05, 0) is 51.0 Å². The van der Waals surface area contributed by atoms with Gasteiger partial charge >= 0.3 is 5.97 Å². The number of aliphatic carboxylic acids is 1. The quantitative estimate of drug-likeness (QED) is 0.678. The summed E-state index contributed by atoms with van der Waals surface area (Å²) in [6.45, 7) is 5.08. The fourth-order valence-corrected chi connectivity index (χ4v) is 4.20.